The summed E-state index contributed by atoms with van der Waals surface area (Å²) in [5, 5.41) is 24.3. The molecular formula is C37H50Cl2F2N2O8. The molecule has 0 spiro atoms. The zero-order valence-electron chi connectivity index (χ0n) is 30.4. The summed E-state index contributed by atoms with van der Waals surface area (Å²) in [5.74, 6) is -3.43. The van der Waals surface area contributed by atoms with Crippen LogP contribution in [0.25, 0.3) is 0 Å². The van der Waals surface area contributed by atoms with E-state index in [1.165, 1.54) is 30.3 Å². The molecule has 0 aliphatic carbocycles. The van der Waals surface area contributed by atoms with Crippen molar-refractivity contribution >= 4 is 46.6 Å². The van der Waals surface area contributed by atoms with Gasteiger partial charge in [0.1, 0.15) is 23.8 Å². The normalized spacial score (nSPS) is 18.4. The Balaban J connectivity index is 0.000000356. The van der Waals surface area contributed by atoms with Gasteiger partial charge in [-0.2, -0.15) is 0 Å². The Morgan fingerprint density at radius 3 is 1.76 bits per heavy atom. The van der Waals surface area contributed by atoms with Crippen molar-refractivity contribution in [2.75, 3.05) is 26.3 Å². The van der Waals surface area contributed by atoms with Gasteiger partial charge in [0.05, 0.1) is 23.3 Å². The van der Waals surface area contributed by atoms with E-state index in [0.717, 1.165) is 6.07 Å². The van der Waals surface area contributed by atoms with Crippen LogP contribution in [-0.2, 0) is 19.1 Å². The van der Waals surface area contributed by atoms with E-state index >= 15 is 0 Å². The number of Topliss-reactive ketones (excluding diaryl/α,β-unsaturated/α-hetero) is 2. The molecule has 0 unspecified atom stereocenters. The van der Waals surface area contributed by atoms with Gasteiger partial charge in [-0.05, 0) is 62.1 Å². The maximum Gasteiger partial charge on any atom is 0.249 e. The summed E-state index contributed by atoms with van der Waals surface area (Å²) >= 11 is 11.4. The van der Waals surface area contributed by atoms with Gasteiger partial charge in [-0.25, -0.2) is 8.78 Å². The molecule has 4 N–H and O–H groups in total. The zero-order valence-corrected chi connectivity index (χ0v) is 31.9. The van der Waals surface area contributed by atoms with Crippen molar-refractivity contribution < 1.29 is 47.6 Å². The third kappa shape index (κ3) is 13.5. The molecule has 2 aromatic carbocycles. The minimum absolute atomic E-state index is 0.0803. The second-order valence-corrected chi connectivity index (χ2v) is 15.8. The Kier molecular flexibility index (Phi) is 16.2. The minimum Gasteiger partial charge on any atom is -0.396 e. The molecule has 3 rings (SSSR count). The summed E-state index contributed by atoms with van der Waals surface area (Å²) in [6.07, 6.45) is -1.63. The van der Waals surface area contributed by atoms with E-state index in [1.807, 2.05) is 20.8 Å². The Labute approximate surface area is 308 Å². The van der Waals surface area contributed by atoms with Crippen molar-refractivity contribution in [3.63, 3.8) is 0 Å². The minimum atomic E-state index is -1.35. The molecule has 51 heavy (non-hydrogen) atoms. The first kappa shape index (κ1) is 44.2. The van der Waals surface area contributed by atoms with Crippen molar-refractivity contribution in [3.8, 4) is 0 Å². The van der Waals surface area contributed by atoms with Gasteiger partial charge in [-0.15, -0.1) is 0 Å². The number of nitrogens with one attached hydrogen (secondary N) is 2. The summed E-state index contributed by atoms with van der Waals surface area (Å²) in [7, 11) is 0. The van der Waals surface area contributed by atoms with Crippen LogP contribution in [0.5, 0.6) is 0 Å². The molecule has 1 saturated heterocycles. The van der Waals surface area contributed by atoms with E-state index in [9.17, 15) is 33.1 Å². The van der Waals surface area contributed by atoms with E-state index in [4.69, 9.17) is 37.8 Å². The van der Waals surface area contributed by atoms with Crippen LogP contribution in [0.2, 0.25) is 10.0 Å². The van der Waals surface area contributed by atoms with Gasteiger partial charge < -0.3 is 30.3 Å². The Hall–Kier alpha value is -3.00. The molecule has 0 radical (unpaired) electrons. The van der Waals surface area contributed by atoms with Gasteiger partial charge in [0.15, 0.2) is 17.4 Å². The third-order valence-corrected chi connectivity index (χ3v) is 8.92. The van der Waals surface area contributed by atoms with Crippen LogP contribution in [0, 0.1) is 34.3 Å². The third-order valence-electron chi connectivity index (χ3n) is 8.34. The molecule has 14 heteroatoms. The number of hydrogen-bond acceptors (Lipinski definition) is 8. The SMILES string of the molecule is C[C@@H](CNC(=O)[C@@H]1OC(C)(C)OCC1(C)C)CC(=O)c1ccc(F)c(Cl)c1.C[C@@H](CNC(=O)[C@H](O)C(C)(C)CO)CC(=O)c1ccc(F)c(Cl)c1. The number of rotatable bonds is 14. The van der Waals surface area contributed by atoms with Crippen LogP contribution < -0.4 is 10.6 Å². The highest BCUT2D eigenvalue weighted by atomic mass is 35.5. The fraction of sp³-hybridized carbons (Fsp3) is 0.568. The van der Waals surface area contributed by atoms with Crippen molar-refractivity contribution in [3.05, 3.63) is 69.2 Å². The lowest BCUT2D eigenvalue weighted by atomic mass is 9.85. The second kappa shape index (κ2) is 18.7. The molecule has 1 heterocycles. The number of aliphatic hydroxyl groups excluding tert-OH is 2. The van der Waals surface area contributed by atoms with Gasteiger partial charge in [0, 0.05) is 47.9 Å². The molecule has 0 bridgehead atoms. The molecule has 1 aliphatic heterocycles. The summed E-state index contributed by atoms with van der Waals surface area (Å²) in [4.78, 5) is 48.9. The van der Waals surface area contributed by atoms with E-state index in [-0.39, 0.29) is 65.3 Å². The number of hydrogen-bond donors (Lipinski definition) is 4. The number of halogens is 4. The highest BCUT2D eigenvalue weighted by molar-refractivity contribution is 6.31. The van der Waals surface area contributed by atoms with Crippen LogP contribution in [0.15, 0.2) is 36.4 Å². The smallest absolute Gasteiger partial charge is 0.249 e. The van der Waals surface area contributed by atoms with Gasteiger partial charge in [0.25, 0.3) is 0 Å². The fourth-order valence-corrected chi connectivity index (χ4v) is 5.21. The summed E-state index contributed by atoms with van der Waals surface area (Å²) in [6, 6.07) is 7.68. The van der Waals surface area contributed by atoms with Crippen LogP contribution in [0.1, 0.15) is 88.9 Å². The Bertz CT molecular complexity index is 1550. The molecule has 4 atom stereocenters. The molecular weight excluding hydrogens is 709 g/mol. The van der Waals surface area contributed by atoms with Gasteiger partial charge in [-0.3, -0.25) is 19.2 Å². The van der Waals surface area contributed by atoms with Gasteiger partial charge in [0.2, 0.25) is 11.8 Å². The standard InChI is InChI=1S/C20H27ClFNO4.C17H23ClFNO4/c1-12(8-16(24)13-6-7-15(22)14(21)9-13)10-23-18(25)17-19(2,3)11-26-20(4,5)27-17;1-10(8-20-16(24)15(23)17(2,3)9-21)6-14(22)11-4-5-13(19)12(18)7-11/h6-7,9,12,17H,8,10-11H2,1-5H3,(H,23,25);4-5,7,10,15,21,23H,6,8-9H2,1-3H3,(H,20,24)/t12-,17+;10-,15+/m11/s1. The first-order valence-electron chi connectivity index (χ1n) is 16.6. The molecule has 1 aliphatic rings. The van der Waals surface area contributed by atoms with E-state index in [2.05, 4.69) is 10.6 Å². The van der Waals surface area contributed by atoms with Crippen LogP contribution in [0.4, 0.5) is 8.78 Å². The van der Waals surface area contributed by atoms with Crippen molar-refractivity contribution in [1.82, 2.24) is 10.6 Å². The maximum atomic E-state index is 13.2. The number of aliphatic hydroxyl groups is 2. The number of ketones is 2. The first-order chi connectivity index (χ1) is 23.5. The van der Waals surface area contributed by atoms with Crippen LogP contribution >= 0.6 is 23.2 Å². The molecule has 2 amide bonds. The molecule has 0 aromatic heterocycles. The lowest BCUT2D eigenvalue weighted by Gasteiger charge is -2.44. The molecule has 0 saturated carbocycles. The fourth-order valence-electron chi connectivity index (χ4n) is 4.85. The predicted molar refractivity (Wildman–Crippen MR) is 191 cm³/mol. The van der Waals surface area contributed by atoms with Crippen LogP contribution in [-0.4, -0.2) is 77.9 Å². The van der Waals surface area contributed by atoms with Crippen LogP contribution in [0.3, 0.4) is 0 Å². The summed E-state index contributed by atoms with van der Waals surface area (Å²) in [5.41, 5.74) is -0.742. The maximum absolute atomic E-state index is 13.2. The van der Waals surface area contributed by atoms with E-state index in [1.54, 1.807) is 34.6 Å². The van der Waals surface area contributed by atoms with Gasteiger partial charge >= 0.3 is 0 Å². The lowest BCUT2D eigenvalue weighted by molar-refractivity contribution is -0.304. The molecule has 284 valence electrons. The lowest BCUT2D eigenvalue weighted by Crippen LogP contribution is -2.56. The average molecular weight is 760 g/mol. The van der Waals surface area contributed by atoms with Gasteiger partial charge in [-0.1, -0.05) is 64.7 Å². The number of carbonyl (C=O) groups excluding carboxylic acids is 4. The second-order valence-electron chi connectivity index (χ2n) is 14.9. The number of ether oxygens (including phenoxy) is 2. The van der Waals surface area contributed by atoms with E-state index in [0.29, 0.717) is 24.3 Å². The summed E-state index contributed by atoms with van der Waals surface area (Å²) < 4.78 is 37.7. The number of amides is 2. The Morgan fingerprint density at radius 2 is 1.33 bits per heavy atom. The van der Waals surface area contributed by atoms with Crippen molar-refractivity contribution in [2.24, 2.45) is 22.7 Å². The first-order valence-corrected chi connectivity index (χ1v) is 17.4. The molecule has 2 aromatic rings. The monoisotopic (exact) mass is 758 g/mol. The number of benzene rings is 2. The predicted octanol–water partition coefficient (Wildman–Crippen LogP) is 6.17. The topological polar surface area (TPSA) is 151 Å². The largest absolute Gasteiger partial charge is 0.396 e. The molecule has 10 nitrogen and oxygen atoms in total. The highest BCUT2D eigenvalue weighted by Crippen LogP contribution is 2.35. The average Bonchev–Trinajstić information content (AvgIpc) is 3.06. The quantitative estimate of drug-likeness (QED) is 0.167. The Morgan fingerprint density at radius 1 is 0.882 bits per heavy atom. The number of carbonyl (C=O) groups is 4. The molecule has 1 fully saturated rings. The van der Waals surface area contributed by atoms with E-state index < -0.39 is 46.4 Å². The highest BCUT2D eigenvalue weighted by Gasteiger charge is 2.45. The zero-order chi connectivity index (χ0) is 38.9. The summed E-state index contributed by atoms with van der Waals surface area (Å²) in [6.45, 7) is 14.8. The van der Waals surface area contributed by atoms with Crippen molar-refractivity contribution in [2.45, 2.75) is 86.2 Å². The van der Waals surface area contributed by atoms with Crippen molar-refractivity contribution in [1.29, 1.82) is 0 Å².